The number of hydrogen-bond acceptors (Lipinski definition) is 1. The molecule has 0 spiro atoms. The highest BCUT2D eigenvalue weighted by molar-refractivity contribution is 6.21. The molecule has 2 aromatic rings. The first kappa shape index (κ1) is 14.0. The Hall–Kier alpha value is -1.47. The van der Waals surface area contributed by atoms with Crippen LogP contribution in [0.4, 0.5) is 0 Å². The van der Waals surface area contributed by atoms with Crippen molar-refractivity contribution < 1.29 is 4.74 Å². The van der Waals surface area contributed by atoms with Crippen molar-refractivity contribution in [2.75, 3.05) is 7.11 Å². The second-order valence-corrected chi connectivity index (χ2v) is 5.66. The lowest BCUT2D eigenvalue weighted by Gasteiger charge is -2.31. The standard InChI is InChI=1S/C17H19ClO/c1-17(2,14-7-5-4-6-8-14)16(18)13-9-11-15(19-3)12-10-13/h4-12,16H,1-3H3. The van der Waals surface area contributed by atoms with Gasteiger partial charge in [0.2, 0.25) is 0 Å². The second kappa shape index (κ2) is 5.66. The molecular formula is C17H19ClO. The first-order valence-electron chi connectivity index (χ1n) is 6.39. The van der Waals surface area contributed by atoms with E-state index >= 15 is 0 Å². The van der Waals surface area contributed by atoms with Gasteiger partial charge in [0.15, 0.2) is 0 Å². The maximum absolute atomic E-state index is 6.69. The topological polar surface area (TPSA) is 9.23 Å². The van der Waals surface area contributed by atoms with E-state index in [-0.39, 0.29) is 10.8 Å². The van der Waals surface area contributed by atoms with Crippen LogP contribution in [0.5, 0.6) is 5.75 Å². The predicted octanol–water partition coefficient (Wildman–Crippen LogP) is 4.95. The van der Waals surface area contributed by atoms with Gasteiger partial charge in [-0.1, -0.05) is 56.3 Å². The summed E-state index contributed by atoms with van der Waals surface area (Å²) < 4.78 is 5.18. The van der Waals surface area contributed by atoms with Gasteiger partial charge in [-0.15, -0.1) is 11.6 Å². The summed E-state index contributed by atoms with van der Waals surface area (Å²) in [4.78, 5) is 0. The lowest BCUT2D eigenvalue weighted by molar-refractivity contribution is 0.414. The third kappa shape index (κ3) is 2.93. The molecule has 1 unspecified atom stereocenters. The predicted molar refractivity (Wildman–Crippen MR) is 81.1 cm³/mol. The maximum atomic E-state index is 6.69. The van der Waals surface area contributed by atoms with Crippen LogP contribution in [0, 0.1) is 0 Å². The molecule has 2 aromatic carbocycles. The Kier molecular flexibility index (Phi) is 4.16. The van der Waals surface area contributed by atoms with Gasteiger partial charge < -0.3 is 4.74 Å². The Balaban J connectivity index is 2.29. The molecule has 0 fully saturated rings. The van der Waals surface area contributed by atoms with E-state index in [1.165, 1.54) is 5.56 Å². The van der Waals surface area contributed by atoms with Gasteiger partial charge in [-0.05, 0) is 23.3 Å². The average Bonchev–Trinajstić information content (AvgIpc) is 2.47. The molecule has 100 valence electrons. The quantitative estimate of drug-likeness (QED) is 0.717. The van der Waals surface area contributed by atoms with E-state index < -0.39 is 0 Å². The van der Waals surface area contributed by atoms with Gasteiger partial charge in [0, 0.05) is 5.41 Å². The van der Waals surface area contributed by atoms with E-state index in [1.807, 2.05) is 30.3 Å². The second-order valence-electron chi connectivity index (χ2n) is 5.22. The fraction of sp³-hybridized carbons (Fsp3) is 0.294. The zero-order valence-corrected chi connectivity index (χ0v) is 12.3. The molecule has 0 aliphatic carbocycles. The molecule has 0 radical (unpaired) electrons. The van der Waals surface area contributed by atoms with Gasteiger partial charge >= 0.3 is 0 Å². The van der Waals surface area contributed by atoms with Crippen LogP contribution in [-0.2, 0) is 5.41 Å². The Labute approximate surface area is 120 Å². The van der Waals surface area contributed by atoms with Crippen LogP contribution in [0.1, 0.15) is 30.4 Å². The fourth-order valence-electron chi connectivity index (χ4n) is 2.20. The van der Waals surface area contributed by atoms with E-state index in [2.05, 4.69) is 38.1 Å². The molecule has 1 nitrogen and oxygen atoms in total. The maximum Gasteiger partial charge on any atom is 0.118 e. The smallest absolute Gasteiger partial charge is 0.118 e. The van der Waals surface area contributed by atoms with Gasteiger partial charge in [-0.25, -0.2) is 0 Å². The molecule has 0 saturated carbocycles. The van der Waals surface area contributed by atoms with Crippen molar-refractivity contribution in [3.63, 3.8) is 0 Å². The van der Waals surface area contributed by atoms with Crippen LogP contribution in [0.2, 0.25) is 0 Å². The number of rotatable bonds is 4. The van der Waals surface area contributed by atoms with E-state index in [4.69, 9.17) is 16.3 Å². The Morgan fingerprint density at radius 1 is 0.947 bits per heavy atom. The van der Waals surface area contributed by atoms with Crippen molar-refractivity contribution in [3.05, 3.63) is 65.7 Å². The number of benzene rings is 2. The van der Waals surface area contributed by atoms with Crippen molar-refractivity contribution in [1.82, 2.24) is 0 Å². The van der Waals surface area contributed by atoms with Crippen LogP contribution in [0.15, 0.2) is 54.6 Å². The third-order valence-electron chi connectivity index (χ3n) is 3.56. The number of hydrogen-bond donors (Lipinski definition) is 0. The fourth-order valence-corrected chi connectivity index (χ4v) is 2.48. The minimum atomic E-state index is -0.128. The molecule has 0 N–H and O–H groups in total. The largest absolute Gasteiger partial charge is 0.497 e. The molecule has 0 heterocycles. The molecular weight excluding hydrogens is 256 g/mol. The lowest BCUT2D eigenvalue weighted by Crippen LogP contribution is -2.23. The zero-order chi connectivity index (χ0) is 13.9. The molecule has 2 heteroatoms. The number of halogens is 1. The number of alkyl halides is 1. The summed E-state index contributed by atoms with van der Waals surface area (Å²) >= 11 is 6.69. The van der Waals surface area contributed by atoms with Gasteiger partial charge in [0.25, 0.3) is 0 Å². The summed E-state index contributed by atoms with van der Waals surface area (Å²) in [5.74, 6) is 0.852. The monoisotopic (exact) mass is 274 g/mol. The van der Waals surface area contributed by atoms with Crippen LogP contribution < -0.4 is 4.74 Å². The van der Waals surface area contributed by atoms with Gasteiger partial charge in [0.1, 0.15) is 5.75 Å². The molecule has 2 rings (SSSR count). The van der Waals surface area contributed by atoms with Crippen LogP contribution in [-0.4, -0.2) is 7.11 Å². The molecule has 19 heavy (non-hydrogen) atoms. The average molecular weight is 275 g/mol. The zero-order valence-electron chi connectivity index (χ0n) is 11.6. The molecule has 0 aliphatic heterocycles. The molecule has 0 amide bonds. The van der Waals surface area contributed by atoms with Gasteiger partial charge in [-0.3, -0.25) is 0 Å². The molecule has 0 bridgehead atoms. The SMILES string of the molecule is COc1ccc(C(Cl)C(C)(C)c2ccccc2)cc1. The first-order valence-corrected chi connectivity index (χ1v) is 6.83. The van der Waals surface area contributed by atoms with E-state index in [0.29, 0.717) is 0 Å². The first-order chi connectivity index (χ1) is 9.05. The Morgan fingerprint density at radius 3 is 2.05 bits per heavy atom. The normalized spacial score (nSPS) is 13.1. The number of ether oxygens (including phenoxy) is 1. The van der Waals surface area contributed by atoms with Crippen molar-refractivity contribution in [2.24, 2.45) is 0 Å². The highest BCUT2D eigenvalue weighted by Crippen LogP contribution is 2.41. The number of methoxy groups -OCH3 is 1. The summed E-state index contributed by atoms with van der Waals surface area (Å²) in [6.07, 6.45) is 0. The molecule has 0 aromatic heterocycles. The van der Waals surface area contributed by atoms with E-state index in [9.17, 15) is 0 Å². The Bertz CT molecular complexity index is 517. The lowest BCUT2D eigenvalue weighted by atomic mass is 9.79. The summed E-state index contributed by atoms with van der Waals surface area (Å²) in [5, 5.41) is -0.0826. The highest BCUT2D eigenvalue weighted by Gasteiger charge is 2.30. The summed E-state index contributed by atoms with van der Waals surface area (Å²) in [6.45, 7) is 4.34. The van der Waals surface area contributed by atoms with Crippen molar-refractivity contribution >= 4 is 11.6 Å². The minimum Gasteiger partial charge on any atom is -0.497 e. The molecule has 0 aliphatic rings. The van der Waals surface area contributed by atoms with E-state index in [1.54, 1.807) is 7.11 Å². The highest BCUT2D eigenvalue weighted by atomic mass is 35.5. The third-order valence-corrected chi connectivity index (χ3v) is 4.36. The van der Waals surface area contributed by atoms with Gasteiger partial charge in [-0.2, -0.15) is 0 Å². The van der Waals surface area contributed by atoms with Crippen molar-refractivity contribution in [3.8, 4) is 5.75 Å². The Morgan fingerprint density at radius 2 is 1.53 bits per heavy atom. The summed E-state index contributed by atoms with van der Waals surface area (Å²) in [7, 11) is 1.67. The summed E-state index contributed by atoms with van der Waals surface area (Å²) in [5.41, 5.74) is 2.22. The van der Waals surface area contributed by atoms with Crippen LogP contribution >= 0.6 is 11.6 Å². The minimum absolute atomic E-state index is 0.0826. The van der Waals surface area contributed by atoms with Crippen LogP contribution in [0.3, 0.4) is 0 Å². The summed E-state index contributed by atoms with van der Waals surface area (Å²) in [6, 6.07) is 18.3. The van der Waals surface area contributed by atoms with Crippen molar-refractivity contribution in [2.45, 2.75) is 24.6 Å². The van der Waals surface area contributed by atoms with E-state index in [0.717, 1.165) is 11.3 Å². The molecule has 0 saturated heterocycles. The van der Waals surface area contributed by atoms with Crippen LogP contribution in [0.25, 0.3) is 0 Å². The van der Waals surface area contributed by atoms with Crippen molar-refractivity contribution in [1.29, 1.82) is 0 Å². The molecule has 1 atom stereocenters. The van der Waals surface area contributed by atoms with Gasteiger partial charge in [0.05, 0.1) is 12.5 Å².